The summed E-state index contributed by atoms with van der Waals surface area (Å²) >= 11 is 0. The Kier molecular flexibility index (Phi) is 15.7. The SMILES string of the molecule is CCCCCCCOc1ccc(C(=O)Oc2ccc(CN(CC(=O)O)C(=O)c3ccc(NCC(=O)Cc4ccc(OC)cc4C(F)(F)F)cc3)cc2OC)cc1. The number of halogens is 3. The van der Waals surface area contributed by atoms with Crippen molar-refractivity contribution < 1.29 is 56.4 Å². The molecule has 11 nitrogen and oxygen atoms in total. The lowest BCUT2D eigenvalue weighted by atomic mass is 10.0. The molecular formula is C42H45F3N2O9. The summed E-state index contributed by atoms with van der Waals surface area (Å²) in [5.41, 5.74) is 0.214. The first-order chi connectivity index (χ1) is 26.8. The van der Waals surface area contributed by atoms with E-state index in [1.165, 1.54) is 82.0 Å². The Morgan fingerprint density at radius 2 is 1.45 bits per heavy atom. The van der Waals surface area contributed by atoms with Crippen molar-refractivity contribution in [1.29, 1.82) is 0 Å². The number of amides is 1. The third-order valence-corrected chi connectivity index (χ3v) is 8.66. The largest absolute Gasteiger partial charge is 0.497 e. The van der Waals surface area contributed by atoms with Crippen LogP contribution in [0.1, 0.15) is 76.4 Å². The Morgan fingerprint density at radius 1 is 0.768 bits per heavy atom. The first-order valence-corrected chi connectivity index (χ1v) is 18.0. The summed E-state index contributed by atoms with van der Waals surface area (Å²) in [6.07, 6.45) is 0.463. The summed E-state index contributed by atoms with van der Waals surface area (Å²) in [6.45, 7) is 1.71. The minimum Gasteiger partial charge on any atom is -0.497 e. The number of aliphatic carboxylic acids is 1. The molecule has 4 aromatic carbocycles. The molecule has 1 amide bonds. The zero-order valence-electron chi connectivity index (χ0n) is 31.4. The number of hydrogen-bond donors (Lipinski definition) is 2. The van der Waals surface area contributed by atoms with Crippen molar-refractivity contribution in [2.75, 3.05) is 39.2 Å². The third kappa shape index (κ3) is 12.8. The van der Waals surface area contributed by atoms with E-state index < -0.39 is 48.3 Å². The van der Waals surface area contributed by atoms with E-state index in [1.54, 1.807) is 30.3 Å². The predicted octanol–water partition coefficient (Wildman–Crippen LogP) is 8.24. The van der Waals surface area contributed by atoms with Gasteiger partial charge in [-0.15, -0.1) is 0 Å². The fourth-order valence-electron chi connectivity index (χ4n) is 5.71. The lowest BCUT2D eigenvalue weighted by molar-refractivity contribution is -0.139. The molecule has 0 saturated carbocycles. The molecule has 0 saturated heterocycles. The van der Waals surface area contributed by atoms with E-state index in [-0.39, 0.29) is 41.5 Å². The molecule has 0 heterocycles. The molecule has 0 aliphatic heterocycles. The number of esters is 1. The maximum atomic E-state index is 13.6. The standard InChI is InChI=1S/C42H45F3N2O9/c1-4-5-6-7-8-21-55-34-17-12-30(13-18-34)41(52)56-37-20-9-28(22-38(37)54-3)26-47(27-39(49)50)40(51)29-10-15-32(16-11-29)46-25-33(48)23-31-14-19-35(53-2)24-36(31)42(43,44)45/h9-20,22,24,46H,4-8,21,23,25-27H2,1-3H3,(H,49,50). The van der Waals surface area contributed by atoms with Gasteiger partial charge in [0.05, 0.1) is 38.5 Å². The van der Waals surface area contributed by atoms with Gasteiger partial charge in [-0.3, -0.25) is 14.4 Å². The van der Waals surface area contributed by atoms with Crippen LogP contribution in [0.25, 0.3) is 0 Å². The number of ether oxygens (including phenoxy) is 4. The second kappa shape index (κ2) is 20.6. The summed E-state index contributed by atoms with van der Waals surface area (Å²) in [4.78, 5) is 51.8. The van der Waals surface area contributed by atoms with Crippen LogP contribution in [0.15, 0.2) is 84.9 Å². The van der Waals surface area contributed by atoms with Crippen LogP contribution < -0.4 is 24.3 Å². The smallest absolute Gasteiger partial charge is 0.416 e. The van der Waals surface area contributed by atoms with E-state index in [0.717, 1.165) is 23.8 Å². The minimum atomic E-state index is -4.67. The van der Waals surface area contributed by atoms with E-state index >= 15 is 0 Å². The van der Waals surface area contributed by atoms with Gasteiger partial charge in [-0.05, 0) is 90.3 Å². The molecule has 0 aromatic heterocycles. The summed E-state index contributed by atoms with van der Waals surface area (Å²) in [5.74, 6) is -2.01. The molecule has 0 aliphatic carbocycles. The zero-order valence-corrected chi connectivity index (χ0v) is 31.4. The fourth-order valence-corrected chi connectivity index (χ4v) is 5.71. The van der Waals surface area contributed by atoms with Crippen molar-refractivity contribution in [3.63, 3.8) is 0 Å². The minimum absolute atomic E-state index is 0.0197. The molecular weight excluding hydrogens is 733 g/mol. The monoisotopic (exact) mass is 778 g/mol. The van der Waals surface area contributed by atoms with Crippen molar-refractivity contribution in [2.24, 2.45) is 0 Å². The first kappa shape index (κ1) is 42.7. The van der Waals surface area contributed by atoms with Crippen LogP contribution in [0.2, 0.25) is 0 Å². The molecule has 56 heavy (non-hydrogen) atoms. The molecule has 14 heteroatoms. The van der Waals surface area contributed by atoms with Crippen LogP contribution in [0.5, 0.6) is 23.0 Å². The van der Waals surface area contributed by atoms with Gasteiger partial charge in [-0.2, -0.15) is 13.2 Å². The molecule has 0 atom stereocenters. The van der Waals surface area contributed by atoms with Gasteiger partial charge in [-0.1, -0.05) is 44.7 Å². The van der Waals surface area contributed by atoms with Crippen LogP contribution in [0, 0.1) is 0 Å². The van der Waals surface area contributed by atoms with Crippen molar-refractivity contribution in [1.82, 2.24) is 4.90 Å². The lowest BCUT2D eigenvalue weighted by Gasteiger charge is -2.22. The maximum Gasteiger partial charge on any atom is 0.416 e. The van der Waals surface area contributed by atoms with Crippen molar-refractivity contribution in [3.8, 4) is 23.0 Å². The number of rotatable bonds is 21. The number of hydrogen-bond acceptors (Lipinski definition) is 9. The number of carbonyl (C=O) groups is 4. The molecule has 0 unspecified atom stereocenters. The number of unbranched alkanes of at least 4 members (excludes halogenated alkanes) is 4. The third-order valence-electron chi connectivity index (χ3n) is 8.66. The zero-order chi connectivity index (χ0) is 40.7. The van der Waals surface area contributed by atoms with Crippen LogP contribution >= 0.6 is 0 Å². The van der Waals surface area contributed by atoms with Crippen molar-refractivity contribution >= 4 is 29.3 Å². The number of carboxylic acid groups (broad SMARTS) is 1. The van der Waals surface area contributed by atoms with Crippen LogP contribution in [0.3, 0.4) is 0 Å². The Balaban J connectivity index is 1.35. The molecule has 4 aromatic rings. The van der Waals surface area contributed by atoms with Crippen LogP contribution in [-0.2, 0) is 28.7 Å². The molecule has 298 valence electrons. The second-order valence-electron chi connectivity index (χ2n) is 12.9. The van der Waals surface area contributed by atoms with Crippen LogP contribution in [0.4, 0.5) is 18.9 Å². The van der Waals surface area contributed by atoms with E-state index in [4.69, 9.17) is 18.9 Å². The normalized spacial score (nSPS) is 11.0. The van der Waals surface area contributed by atoms with Gasteiger partial charge >= 0.3 is 18.1 Å². The number of nitrogens with zero attached hydrogens (tertiary/aromatic N) is 1. The van der Waals surface area contributed by atoms with Crippen molar-refractivity contribution in [3.05, 3.63) is 113 Å². The summed E-state index contributed by atoms with van der Waals surface area (Å²) in [6, 6.07) is 20.5. The second-order valence-corrected chi connectivity index (χ2v) is 12.9. The molecule has 0 radical (unpaired) electrons. The maximum absolute atomic E-state index is 13.6. The average Bonchev–Trinajstić information content (AvgIpc) is 3.18. The number of ketones is 1. The quantitative estimate of drug-likeness (QED) is 0.0483. The summed E-state index contributed by atoms with van der Waals surface area (Å²) < 4.78 is 62.3. The fraction of sp³-hybridized carbons (Fsp3) is 0.333. The highest BCUT2D eigenvalue weighted by molar-refractivity contribution is 5.96. The van der Waals surface area contributed by atoms with E-state index in [2.05, 4.69) is 12.2 Å². The number of alkyl halides is 3. The number of carboxylic acids is 1. The van der Waals surface area contributed by atoms with E-state index in [9.17, 15) is 37.5 Å². The first-order valence-electron chi connectivity index (χ1n) is 18.0. The Hall–Kier alpha value is -6.05. The lowest BCUT2D eigenvalue weighted by Crippen LogP contribution is -2.35. The highest BCUT2D eigenvalue weighted by Gasteiger charge is 2.34. The molecule has 0 aliphatic rings. The number of methoxy groups -OCH3 is 2. The molecule has 0 fully saturated rings. The van der Waals surface area contributed by atoms with E-state index in [0.29, 0.717) is 29.2 Å². The van der Waals surface area contributed by atoms with Gasteiger partial charge in [0.15, 0.2) is 17.3 Å². The number of carbonyl (C=O) groups excluding carboxylic acids is 3. The molecule has 0 spiro atoms. The number of benzene rings is 4. The Morgan fingerprint density at radius 3 is 2.09 bits per heavy atom. The van der Waals surface area contributed by atoms with Gasteiger partial charge in [0.25, 0.3) is 5.91 Å². The topological polar surface area (TPSA) is 141 Å². The highest BCUT2D eigenvalue weighted by atomic mass is 19.4. The Labute approximate surface area is 323 Å². The molecule has 4 rings (SSSR count). The van der Waals surface area contributed by atoms with Gasteiger partial charge < -0.3 is 34.3 Å². The van der Waals surface area contributed by atoms with Gasteiger partial charge in [0, 0.05) is 24.2 Å². The summed E-state index contributed by atoms with van der Waals surface area (Å²) in [5, 5.41) is 12.4. The van der Waals surface area contributed by atoms with E-state index in [1.807, 2.05) is 0 Å². The number of Topliss-reactive ketones (excluding diaryl/α,β-unsaturated/α-hetero) is 1. The van der Waals surface area contributed by atoms with Gasteiger partial charge in [-0.25, -0.2) is 4.79 Å². The molecule has 0 bridgehead atoms. The number of nitrogens with one attached hydrogen (secondary N) is 1. The summed E-state index contributed by atoms with van der Waals surface area (Å²) in [7, 11) is 2.63. The van der Waals surface area contributed by atoms with Crippen LogP contribution in [-0.4, -0.2) is 67.6 Å². The van der Waals surface area contributed by atoms with Gasteiger partial charge in [0.2, 0.25) is 0 Å². The van der Waals surface area contributed by atoms with Crippen molar-refractivity contribution in [2.45, 2.75) is 58.2 Å². The average molecular weight is 779 g/mol. The predicted molar refractivity (Wildman–Crippen MR) is 203 cm³/mol. The Bertz CT molecular complexity index is 1950. The molecule has 2 N–H and O–H groups in total. The number of anilines is 1. The van der Waals surface area contributed by atoms with Gasteiger partial charge in [0.1, 0.15) is 18.0 Å². The highest BCUT2D eigenvalue weighted by Crippen LogP contribution is 2.35.